The van der Waals surface area contributed by atoms with Gasteiger partial charge in [-0.3, -0.25) is 0 Å². The minimum atomic E-state index is -3.49. The summed E-state index contributed by atoms with van der Waals surface area (Å²) in [6, 6.07) is 0. The zero-order valence-electron chi connectivity index (χ0n) is 4.65. The van der Waals surface area contributed by atoms with Crippen molar-refractivity contribution < 1.29 is 18.3 Å². The number of hydrogen-bond donors (Lipinski definition) is 1. The second-order valence-corrected chi connectivity index (χ2v) is 1.42. The molecule has 52 valence electrons. The van der Waals surface area contributed by atoms with Crippen molar-refractivity contribution >= 4 is 0 Å². The van der Waals surface area contributed by atoms with Crippen molar-refractivity contribution in [3.05, 3.63) is 12.1 Å². The summed E-state index contributed by atoms with van der Waals surface area (Å²) in [6.45, 7) is 0. The van der Waals surface area contributed by atoms with Crippen LogP contribution in [0.2, 0.25) is 0 Å². The van der Waals surface area contributed by atoms with Crippen LogP contribution in [0.15, 0.2) is 12.1 Å². The van der Waals surface area contributed by atoms with Gasteiger partial charge in [0, 0.05) is 7.05 Å². The van der Waals surface area contributed by atoms with Gasteiger partial charge in [0.15, 0.2) is 6.26 Å². The first-order valence-corrected chi connectivity index (χ1v) is 2.26. The molecule has 0 fully saturated rings. The summed E-state index contributed by atoms with van der Waals surface area (Å²) in [5.74, 6) is -0.0694. The van der Waals surface area contributed by atoms with Gasteiger partial charge in [-0.1, -0.05) is 0 Å². The van der Waals surface area contributed by atoms with Crippen molar-refractivity contribution in [1.29, 1.82) is 0 Å². The second-order valence-electron chi connectivity index (χ2n) is 1.42. The quantitative estimate of drug-likeness (QED) is 0.574. The molecule has 9 heavy (non-hydrogen) atoms. The maximum atomic E-state index is 11.8. The Balaban J connectivity index is 2.50. The first-order valence-electron chi connectivity index (χ1n) is 2.26. The van der Waals surface area contributed by atoms with Crippen molar-refractivity contribution in [1.82, 2.24) is 5.32 Å². The SMILES string of the molecule is CNC1=COC(F)(F)O1. The van der Waals surface area contributed by atoms with E-state index in [9.17, 15) is 8.78 Å². The van der Waals surface area contributed by atoms with Crippen LogP contribution < -0.4 is 5.32 Å². The standard InChI is InChI=1S/C4H5F2NO2/c1-7-3-2-8-4(5,6)9-3/h2,7H,1H3. The fraction of sp³-hybridized carbons (Fsp3) is 0.500. The average molecular weight is 137 g/mol. The molecule has 0 aromatic heterocycles. The Morgan fingerprint density at radius 3 is 2.56 bits per heavy atom. The molecule has 0 saturated heterocycles. The van der Waals surface area contributed by atoms with E-state index in [1.807, 2.05) is 0 Å². The highest BCUT2D eigenvalue weighted by molar-refractivity contribution is 4.87. The first-order chi connectivity index (χ1) is 4.14. The minimum absolute atomic E-state index is 0.0694. The third kappa shape index (κ3) is 1.22. The Labute approximate surface area is 50.2 Å². The van der Waals surface area contributed by atoms with Crippen molar-refractivity contribution in [2.75, 3.05) is 7.05 Å². The summed E-state index contributed by atoms with van der Waals surface area (Å²) in [5.41, 5.74) is 0. The van der Waals surface area contributed by atoms with E-state index in [0.717, 1.165) is 6.26 Å². The number of halogens is 2. The molecule has 1 heterocycles. The molecular formula is C4H5F2NO2. The molecule has 0 unspecified atom stereocenters. The van der Waals surface area contributed by atoms with Crippen molar-refractivity contribution in [2.45, 2.75) is 6.29 Å². The third-order valence-corrected chi connectivity index (χ3v) is 0.778. The fourth-order valence-electron chi connectivity index (χ4n) is 0.408. The highest BCUT2D eigenvalue weighted by atomic mass is 19.3. The van der Waals surface area contributed by atoms with Crippen LogP contribution in [0.4, 0.5) is 8.78 Å². The maximum Gasteiger partial charge on any atom is 0.586 e. The smallest absolute Gasteiger partial charge is 0.402 e. The Kier molecular flexibility index (Phi) is 1.19. The molecule has 0 amide bonds. The van der Waals surface area contributed by atoms with E-state index in [2.05, 4.69) is 14.8 Å². The van der Waals surface area contributed by atoms with E-state index in [1.54, 1.807) is 0 Å². The summed E-state index contributed by atoms with van der Waals surface area (Å²) in [5, 5.41) is 2.35. The lowest BCUT2D eigenvalue weighted by Gasteiger charge is -2.06. The molecule has 0 radical (unpaired) electrons. The van der Waals surface area contributed by atoms with Crippen LogP contribution in [-0.2, 0) is 9.47 Å². The number of hydrogen-bond acceptors (Lipinski definition) is 3. The van der Waals surface area contributed by atoms with Gasteiger partial charge in [0.25, 0.3) is 0 Å². The minimum Gasteiger partial charge on any atom is -0.402 e. The Bertz CT molecular complexity index is 146. The molecule has 1 N–H and O–H groups in total. The van der Waals surface area contributed by atoms with Gasteiger partial charge < -0.3 is 14.8 Å². The van der Waals surface area contributed by atoms with E-state index in [1.165, 1.54) is 7.05 Å². The Morgan fingerprint density at radius 1 is 1.67 bits per heavy atom. The first kappa shape index (κ1) is 6.12. The Hall–Kier alpha value is -1.00. The Morgan fingerprint density at radius 2 is 2.33 bits per heavy atom. The molecule has 0 atom stereocenters. The lowest BCUT2D eigenvalue weighted by molar-refractivity contribution is -0.334. The zero-order valence-corrected chi connectivity index (χ0v) is 4.65. The van der Waals surface area contributed by atoms with Crippen molar-refractivity contribution in [3.63, 3.8) is 0 Å². The number of nitrogens with one attached hydrogen (secondary N) is 1. The summed E-state index contributed by atoms with van der Waals surface area (Å²) < 4.78 is 31.3. The van der Waals surface area contributed by atoms with Crippen molar-refractivity contribution in [3.8, 4) is 0 Å². The van der Waals surface area contributed by atoms with Crippen LogP contribution in [-0.4, -0.2) is 13.3 Å². The molecule has 1 aliphatic heterocycles. The van der Waals surface area contributed by atoms with Gasteiger partial charge in [0.05, 0.1) is 0 Å². The number of alkyl halides is 2. The lowest BCUT2D eigenvalue weighted by Crippen LogP contribution is -2.19. The second kappa shape index (κ2) is 1.75. The largest absolute Gasteiger partial charge is 0.586 e. The van der Waals surface area contributed by atoms with Gasteiger partial charge >= 0.3 is 6.29 Å². The van der Waals surface area contributed by atoms with E-state index in [4.69, 9.17) is 0 Å². The van der Waals surface area contributed by atoms with Gasteiger partial charge in [-0.05, 0) is 0 Å². The molecule has 0 spiro atoms. The molecule has 0 saturated carbocycles. The highest BCUT2D eigenvalue weighted by Gasteiger charge is 2.39. The van der Waals surface area contributed by atoms with Crippen LogP contribution >= 0.6 is 0 Å². The van der Waals surface area contributed by atoms with Gasteiger partial charge in [-0.15, -0.1) is 8.78 Å². The lowest BCUT2D eigenvalue weighted by atomic mass is 10.9. The van der Waals surface area contributed by atoms with E-state index in [-0.39, 0.29) is 5.88 Å². The van der Waals surface area contributed by atoms with Gasteiger partial charge in [0.1, 0.15) is 0 Å². The van der Waals surface area contributed by atoms with Crippen LogP contribution in [0.3, 0.4) is 0 Å². The van der Waals surface area contributed by atoms with Gasteiger partial charge in [-0.2, -0.15) is 0 Å². The van der Waals surface area contributed by atoms with Gasteiger partial charge in [-0.25, -0.2) is 0 Å². The molecule has 0 bridgehead atoms. The third-order valence-electron chi connectivity index (χ3n) is 0.778. The predicted molar refractivity (Wildman–Crippen MR) is 24.3 cm³/mol. The van der Waals surface area contributed by atoms with Crippen LogP contribution in [0.1, 0.15) is 0 Å². The highest BCUT2D eigenvalue weighted by Crippen LogP contribution is 2.25. The molecule has 1 aliphatic rings. The average Bonchev–Trinajstić information content (AvgIpc) is 2.10. The zero-order chi connectivity index (χ0) is 6.91. The molecule has 3 nitrogen and oxygen atoms in total. The van der Waals surface area contributed by atoms with Gasteiger partial charge in [0.2, 0.25) is 5.88 Å². The molecule has 0 aromatic carbocycles. The predicted octanol–water partition coefficient (Wildman–Crippen LogP) is 0.602. The summed E-state index contributed by atoms with van der Waals surface area (Å²) in [6.07, 6.45) is -2.67. The molecular weight excluding hydrogens is 132 g/mol. The van der Waals surface area contributed by atoms with E-state index in [0.29, 0.717) is 0 Å². The van der Waals surface area contributed by atoms with Crippen LogP contribution in [0.5, 0.6) is 0 Å². The monoisotopic (exact) mass is 137 g/mol. The normalized spacial score (nSPS) is 21.9. The summed E-state index contributed by atoms with van der Waals surface area (Å²) in [4.78, 5) is 0. The van der Waals surface area contributed by atoms with Crippen LogP contribution in [0, 0.1) is 0 Å². The topological polar surface area (TPSA) is 30.5 Å². The van der Waals surface area contributed by atoms with Crippen LogP contribution in [0.25, 0.3) is 0 Å². The van der Waals surface area contributed by atoms with Crippen molar-refractivity contribution in [2.24, 2.45) is 0 Å². The molecule has 5 heteroatoms. The maximum absolute atomic E-state index is 11.8. The molecule has 1 rings (SSSR count). The van der Waals surface area contributed by atoms with E-state index < -0.39 is 6.29 Å². The fourth-order valence-corrected chi connectivity index (χ4v) is 0.408. The molecule has 0 aliphatic carbocycles. The number of ether oxygens (including phenoxy) is 2. The number of rotatable bonds is 1. The summed E-state index contributed by atoms with van der Waals surface area (Å²) in [7, 11) is 1.45. The summed E-state index contributed by atoms with van der Waals surface area (Å²) >= 11 is 0. The van der Waals surface area contributed by atoms with E-state index >= 15 is 0 Å². The molecule has 0 aromatic rings.